The normalized spacial score (nSPS) is 27.2. The number of Topliss-reactive ketones (excluding diaryl/α,β-unsaturated/α-hetero) is 1. The lowest BCUT2D eigenvalue weighted by Gasteiger charge is -2.47. The van der Waals surface area contributed by atoms with E-state index in [0.29, 0.717) is 52.2 Å². The van der Waals surface area contributed by atoms with Gasteiger partial charge < -0.3 is 0 Å². The van der Waals surface area contributed by atoms with Gasteiger partial charge in [0.15, 0.2) is 17.3 Å². The Morgan fingerprint density at radius 3 is 2.56 bits per heavy atom. The van der Waals surface area contributed by atoms with Crippen LogP contribution < -0.4 is 0 Å². The molecule has 0 saturated heterocycles. The number of pyridine rings is 1. The molecule has 0 aromatic carbocycles. The first-order chi connectivity index (χ1) is 15.5. The summed E-state index contributed by atoms with van der Waals surface area (Å²) >= 11 is 0. The second-order valence-corrected chi connectivity index (χ2v) is 9.77. The SMILES string of the molecule is CC(=O)[C@H]1C2CCC(CC2)[C@@H]1Cc1nc(-c2[nH]nc3ncc(F)cc23)nc(C2CC2)c1F. The van der Waals surface area contributed by atoms with Crippen molar-refractivity contribution in [2.24, 2.45) is 23.7 Å². The number of hydrogen-bond acceptors (Lipinski definition) is 5. The average molecular weight is 437 g/mol. The highest BCUT2D eigenvalue weighted by molar-refractivity contribution is 5.88. The molecular formula is C24H25F2N5O. The molecule has 2 atom stereocenters. The molecule has 3 aromatic rings. The van der Waals surface area contributed by atoms with Gasteiger partial charge in [-0.2, -0.15) is 5.10 Å². The maximum absolute atomic E-state index is 15.6. The zero-order chi connectivity index (χ0) is 22.0. The van der Waals surface area contributed by atoms with Crippen LogP contribution in [0.5, 0.6) is 0 Å². The van der Waals surface area contributed by atoms with Gasteiger partial charge in [-0.1, -0.05) is 0 Å². The lowest BCUT2D eigenvalue weighted by Crippen LogP contribution is -2.44. The largest absolute Gasteiger partial charge is 0.300 e. The van der Waals surface area contributed by atoms with Gasteiger partial charge in [0, 0.05) is 11.8 Å². The van der Waals surface area contributed by atoms with Crippen LogP contribution in [-0.2, 0) is 11.2 Å². The fraction of sp³-hybridized carbons (Fsp3) is 0.542. The lowest BCUT2D eigenvalue weighted by molar-refractivity contribution is -0.130. The Morgan fingerprint density at radius 2 is 1.84 bits per heavy atom. The molecular weight excluding hydrogens is 412 g/mol. The molecule has 4 aliphatic rings. The van der Waals surface area contributed by atoms with Gasteiger partial charge in [0.1, 0.15) is 17.3 Å². The Balaban J connectivity index is 1.44. The molecule has 2 bridgehead atoms. The molecule has 0 amide bonds. The highest BCUT2D eigenvalue weighted by Crippen LogP contribution is 2.50. The summed E-state index contributed by atoms with van der Waals surface area (Å²) in [4.78, 5) is 25.7. The molecule has 0 unspecified atom stereocenters. The van der Waals surface area contributed by atoms with Crippen LogP contribution in [0.2, 0.25) is 0 Å². The number of rotatable bonds is 5. The van der Waals surface area contributed by atoms with E-state index in [1.165, 1.54) is 6.07 Å². The van der Waals surface area contributed by atoms with E-state index >= 15 is 4.39 Å². The summed E-state index contributed by atoms with van der Waals surface area (Å²) in [6, 6.07) is 1.34. The quantitative estimate of drug-likeness (QED) is 0.622. The van der Waals surface area contributed by atoms with Gasteiger partial charge in [0.25, 0.3) is 0 Å². The van der Waals surface area contributed by atoms with E-state index in [0.717, 1.165) is 44.7 Å². The highest BCUT2D eigenvalue weighted by atomic mass is 19.1. The van der Waals surface area contributed by atoms with Crippen molar-refractivity contribution in [2.75, 3.05) is 0 Å². The number of aromatic amines is 1. The van der Waals surface area contributed by atoms with E-state index in [-0.39, 0.29) is 29.4 Å². The van der Waals surface area contributed by atoms with Crippen LogP contribution in [0.4, 0.5) is 8.78 Å². The number of carbonyl (C=O) groups excluding carboxylic acids is 1. The number of fused-ring (bicyclic) bond motifs is 4. The maximum Gasteiger partial charge on any atom is 0.181 e. The van der Waals surface area contributed by atoms with Crippen LogP contribution in [0.15, 0.2) is 12.3 Å². The zero-order valence-corrected chi connectivity index (χ0v) is 17.9. The molecule has 4 aliphatic carbocycles. The van der Waals surface area contributed by atoms with Crippen molar-refractivity contribution in [1.82, 2.24) is 25.1 Å². The Morgan fingerprint density at radius 1 is 1.09 bits per heavy atom. The average Bonchev–Trinajstić information content (AvgIpc) is 3.55. The molecule has 166 valence electrons. The summed E-state index contributed by atoms with van der Waals surface area (Å²) in [6.45, 7) is 1.67. The van der Waals surface area contributed by atoms with Gasteiger partial charge in [-0.25, -0.2) is 23.7 Å². The first kappa shape index (κ1) is 19.9. The predicted molar refractivity (Wildman–Crippen MR) is 114 cm³/mol. The second kappa shape index (κ2) is 7.39. The van der Waals surface area contributed by atoms with E-state index in [2.05, 4.69) is 25.1 Å². The van der Waals surface area contributed by atoms with Gasteiger partial charge in [-0.05, 0) is 75.7 Å². The Kier molecular flexibility index (Phi) is 4.59. The van der Waals surface area contributed by atoms with Crippen LogP contribution in [0.1, 0.15) is 62.8 Å². The van der Waals surface area contributed by atoms with Crippen LogP contribution in [0, 0.1) is 35.3 Å². The highest BCUT2D eigenvalue weighted by Gasteiger charge is 2.46. The minimum absolute atomic E-state index is 0.0176. The van der Waals surface area contributed by atoms with Crippen molar-refractivity contribution in [3.63, 3.8) is 0 Å². The minimum atomic E-state index is -0.479. The third-order valence-corrected chi connectivity index (χ3v) is 7.80. The van der Waals surface area contributed by atoms with Crippen LogP contribution >= 0.6 is 0 Å². The van der Waals surface area contributed by atoms with E-state index in [1.54, 1.807) is 6.92 Å². The third kappa shape index (κ3) is 3.22. The molecule has 4 saturated carbocycles. The molecule has 6 nitrogen and oxygen atoms in total. The Hall–Kier alpha value is -2.77. The second-order valence-electron chi connectivity index (χ2n) is 9.77. The molecule has 0 radical (unpaired) electrons. The first-order valence-electron chi connectivity index (χ1n) is 11.6. The zero-order valence-electron chi connectivity index (χ0n) is 17.9. The molecule has 8 heteroatoms. The summed E-state index contributed by atoms with van der Waals surface area (Å²) in [5.41, 5.74) is 1.61. The number of nitrogens with zero attached hydrogens (tertiary/aromatic N) is 4. The minimum Gasteiger partial charge on any atom is -0.300 e. The van der Waals surface area contributed by atoms with E-state index in [4.69, 9.17) is 0 Å². The number of hydrogen-bond donors (Lipinski definition) is 1. The van der Waals surface area contributed by atoms with E-state index < -0.39 is 5.82 Å². The third-order valence-electron chi connectivity index (χ3n) is 7.80. The molecule has 0 aliphatic heterocycles. The molecule has 3 aromatic heterocycles. The van der Waals surface area contributed by atoms with E-state index in [1.807, 2.05) is 0 Å². The monoisotopic (exact) mass is 437 g/mol. The molecule has 32 heavy (non-hydrogen) atoms. The smallest absolute Gasteiger partial charge is 0.181 e. The molecule has 7 rings (SSSR count). The predicted octanol–water partition coefficient (Wildman–Crippen LogP) is 4.75. The molecule has 3 heterocycles. The fourth-order valence-corrected chi connectivity index (χ4v) is 6.16. The number of aromatic nitrogens is 5. The summed E-state index contributed by atoms with van der Waals surface area (Å²) in [6.07, 6.45) is 7.73. The van der Waals surface area contributed by atoms with Gasteiger partial charge in [-0.3, -0.25) is 9.89 Å². The number of halogens is 2. The van der Waals surface area contributed by atoms with Crippen molar-refractivity contribution >= 4 is 16.8 Å². The van der Waals surface area contributed by atoms with Crippen molar-refractivity contribution in [2.45, 2.75) is 57.8 Å². The first-order valence-corrected chi connectivity index (χ1v) is 11.6. The maximum atomic E-state index is 15.6. The number of H-pyrrole nitrogens is 1. The number of nitrogens with one attached hydrogen (secondary N) is 1. The van der Waals surface area contributed by atoms with Gasteiger partial charge >= 0.3 is 0 Å². The van der Waals surface area contributed by atoms with Crippen LogP contribution in [0.25, 0.3) is 22.6 Å². The van der Waals surface area contributed by atoms with Gasteiger partial charge in [0.05, 0.1) is 23.0 Å². The van der Waals surface area contributed by atoms with E-state index in [9.17, 15) is 9.18 Å². The summed E-state index contributed by atoms with van der Waals surface area (Å²) in [5.74, 6) is 0.730. The topological polar surface area (TPSA) is 84.4 Å². The lowest BCUT2D eigenvalue weighted by atomic mass is 9.56. The van der Waals surface area contributed by atoms with Crippen LogP contribution in [0.3, 0.4) is 0 Å². The summed E-state index contributed by atoms with van der Waals surface area (Å²) < 4.78 is 29.4. The Bertz CT molecular complexity index is 1210. The van der Waals surface area contributed by atoms with Gasteiger partial charge in [-0.15, -0.1) is 0 Å². The standard InChI is InChI=1S/C24H25F2N5O/c1-11(32)19-13-4-2-12(3-5-13)16(19)9-18-20(26)21(14-6-7-14)29-24(28-18)22-17-8-15(25)10-27-23(17)31-30-22/h8,10,12-14,16,19H,2-7,9H2,1H3,(H,27,30,31)/t12?,13?,16-,19-/m0/s1. The van der Waals surface area contributed by atoms with Crippen molar-refractivity contribution in [3.05, 3.63) is 35.3 Å². The molecule has 4 fully saturated rings. The Labute approximate surface area is 184 Å². The number of ketones is 1. The van der Waals surface area contributed by atoms with Gasteiger partial charge in [0.2, 0.25) is 0 Å². The van der Waals surface area contributed by atoms with Crippen molar-refractivity contribution < 1.29 is 13.6 Å². The summed E-state index contributed by atoms with van der Waals surface area (Å²) in [5, 5.41) is 7.48. The van der Waals surface area contributed by atoms with Crippen molar-refractivity contribution in [3.8, 4) is 11.5 Å². The molecule has 0 spiro atoms. The fourth-order valence-electron chi connectivity index (χ4n) is 6.16. The number of carbonyl (C=O) groups is 1. The van der Waals surface area contributed by atoms with Crippen LogP contribution in [-0.4, -0.2) is 30.9 Å². The van der Waals surface area contributed by atoms with Crippen molar-refractivity contribution in [1.29, 1.82) is 0 Å². The summed E-state index contributed by atoms with van der Waals surface area (Å²) in [7, 11) is 0. The molecule has 1 N–H and O–H groups in total.